The molecule has 4 atom stereocenters. The molecule has 71 heavy (non-hydrogen) atoms. The van der Waals surface area contributed by atoms with Crippen LogP contribution in [0.2, 0.25) is 0 Å². The van der Waals surface area contributed by atoms with Crippen LogP contribution >= 0.6 is 0 Å². The van der Waals surface area contributed by atoms with E-state index >= 15 is 0 Å². The van der Waals surface area contributed by atoms with Crippen LogP contribution in [0.4, 0.5) is 9.59 Å². The van der Waals surface area contributed by atoms with E-state index in [4.69, 9.17) is 19.4 Å². The number of aromatic amines is 2. The van der Waals surface area contributed by atoms with Gasteiger partial charge in [0, 0.05) is 25.8 Å². The fraction of sp³-hybridized carbons (Fsp3) is 0.429. The van der Waals surface area contributed by atoms with Crippen LogP contribution in [0.15, 0.2) is 97.3 Å². The number of methoxy groups -OCH3 is 1. The highest BCUT2D eigenvalue weighted by atomic mass is 16.6. The van der Waals surface area contributed by atoms with Crippen LogP contribution in [0.5, 0.6) is 0 Å². The largest absolute Gasteiger partial charge is 0.453 e. The molecule has 15 heteroatoms. The number of alkyl carbamates (subject to hydrolysis) is 2. The summed E-state index contributed by atoms with van der Waals surface area (Å²) in [7, 11) is 2.79. The van der Waals surface area contributed by atoms with Gasteiger partial charge < -0.3 is 44.4 Å². The quantitative estimate of drug-likeness (QED) is 0.0833. The van der Waals surface area contributed by atoms with Gasteiger partial charge in [-0.15, -0.1) is 0 Å². The number of nitrogens with zero attached hydrogens (tertiary/aromatic N) is 5. The zero-order chi connectivity index (χ0) is 49.8. The Morgan fingerprint density at radius 3 is 1.59 bits per heavy atom. The van der Waals surface area contributed by atoms with Crippen molar-refractivity contribution in [2.75, 3.05) is 27.2 Å². The SMILES string of the molecule is CNC(=O)O[C@H](C(=O)N1CCC[C@H]1c1ncc(-c2ccc(-c3ccc(-c4ccc(-c5cnc([C@@H]6CCCN6C(=O)[C@@H](NC(=O)OC)C(C)C)[nH]5)cc4)n3-c3ccc(C4CCCCC4)cc3)cc2)[nH]1)C(C)C. The molecule has 4 amide bonds. The normalized spacial score (nSPS) is 18.2. The number of H-pyrrole nitrogens is 2. The Morgan fingerprint density at radius 1 is 0.606 bits per heavy atom. The summed E-state index contributed by atoms with van der Waals surface area (Å²) < 4.78 is 12.7. The van der Waals surface area contributed by atoms with Crippen LogP contribution < -0.4 is 10.6 Å². The molecule has 0 radical (unpaired) electrons. The minimum absolute atomic E-state index is 0.117. The van der Waals surface area contributed by atoms with Crippen molar-refractivity contribution in [3.05, 3.63) is 115 Å². The highest BCUT2D eigenvalue weighted by molar-refractivity contribution is 5.87. The van der Waals surface area contributed by atoms with Crippen molar-refractivity contribution in [1.82, 2.24) is 44.9 Å². The minimum atomic E-state index is -0.889. The second-order valence-corrected chi connectivity index (χ2v) is 19.9. The van der Waals surface area contributed by atoms with Crippen LogP contribution in [0, 0.1) is 11.8 Å². The molecule has 2 aliphatic heterocycles. The second-order valence-electron chi connectivity index (χ2n) is 19.9. The van der Waals surface area contributed by atoms with E-state index in [2.05, 4.69) is 110 Å². The van der Waals surface area contributed by atoms with Crippen molar-refractivity contribution in [3.8, 4) is 50.7 Å². The molecule has 0 bridgehead atoms. The van der Waals surface area contributed by atoms with E-state index in [-0.39, 0.29) is 35.7 Å². The predicted molar refractivity (Wildman–Crippen MR) is 273 cm³/mol. The van der Waals surface area contributed by atoms with Gasteiger partial charge in [0.05, 0.1) is 54.4 Å². The Bertz CT molecular complexity index is 2640. The molecule has 0 spiro atoms. The fourth-order valence-electron chi connectivity index (χ4n) is 10.8. The van der Waals surface area contributed by atoms with Gasteiger partial charge in [0.1, 0.15) is 17.7 Å². The molecule has 1 saturated carbocycles. The summed E-state index contributed by atoms with van der Waals surface area (Å²) in [4.78, 5) is 71.9. The maximum atomic E-state index is 13.8. The van der Waals surface area contributed by atoms with E-state index in [0.717, 1.165) is 82.2 Å². The van der Waals surface area contributed by atoms with Gasteiger partial charge in [-0.3, -0.25) is 9.59 Å². The van der Waals surface area contributed by atoms with Crippen molar-refractivity contribution in [1.29, 1.82) is 0 Å². The number of carbonyl (C=O) groups excluding carboxylic acids is 4. The maximum Gasteiger partial charge on any atom is 0.407 e. The first-order chi connectivity index (χ1) is 34.4. The van der Waals surface area contributed by atoms with Gasteiger partial charge in [0.15, 0.2) is 6.10 Å². The van der Waals surface area contributed by atoms with Crippen molar-refractivity contribution in [2.24, 2.45) is 11.8 Å². The molecule has 372 valence electrons. The van der Waals surface area contributed by atoms with Gasteiger partial charge in [0.25, 0.3) is 5.91 Å². The lowest BCUT2D eigenvalue weighted by molar-refractivity contribution is -0.143. The summed E-state index contributed by atoms with van der Waals surface area (Å²) >= 11 is 0. The zero-order valence-electron chi connectivity index (χ0n) is 41.7. The van der Waals surface area contributed by atoms with E-state index in [0.29, 0.717) is 24.8 Å². The number of benzene rings is 3. The van der Waals surface area contributed by atoms with E-state index in [9.17, 15) is 19.2 Å². The summed E-state index contributed by atoms with van der Waals surface area (Å²) in [6, 6.07) is 29.4. The average molecular weight is 962 g/mol. The number of rotatable bonds is 14. The third kappa shape index (κ3) is 10.4. The summed E-state index contributed by atoms with van der Waals surface area (Å²) in [6.45, 7) is 8.74. The number of hydrogen-bond donors (Lipinski definition) is 4. The Morgan fingerprint density at radius 2 is 1.11 bits per heavy atom. The molecule has 3 aromatic carbocycles. The number of amides is 4. The predicted octanol–water partition coefficient (Wildman–Crippen LogP) is 10.7. The first-order valence-electron chi connectivity index (χ1n) is 25.4. The van der Waals surface area contributed by atoms with Crippen LogP contribution in [-0.4, -0.2) is 97.7 Å². The summed E-state index contributed by atoms with van der Waals surface area (Å²) in [5.41, 5.74) is 10.4. The topological polar surface area (TPSA) is 180 Å². The number of carbonyl (C=O) groups is 4. The van der Waals surface area contributed by atoms with Crippen molar-refractivity contribution >= 4 is 24.0 Å². The van der Waals surface area contributed by atoms with E-state index < -0.39 is 24.3 Å². The number of nitrogens with one attached hydrogen (secondary N) is 4. The molecule has 3 aromatic heterocycles. The molecular weight excluding hydrogens is 895 g/mol. The molecule has 5 heterocycles. The van der Waals surface area contributed by atoms with Gasteiger partial charge in [-0.05, 0) is 108 Å². The highest BCUT2D eigenvalue weighted by Gasteiger charge is 2.39. The third-order valence-electron chi connectivity index (χ3n) is 14.7. The maximum absolute atomic E-state index is 13.8. The van der Waals surface area contributed by atoms with E-state index in [1.165, 1.54) is 51.8 Å². The first kappa shape index (κ1) is 48.8. The molecule has 0 unspecified atom stereocenters. The number of imidazole rings is 2. The van der Waals surface area contributed by atoms with Crippen LogP contribution in [0.3, 0.4) is 0 Å². The molecule has 1 aliphatic carbocycles. The molecule has 3 fully saturated rings. The van der Waals surface area contributed by atoms with Crippen molar-refractivity contribution in [3.63, 3.8) is 0 Å². The molecule has 3 aliphatic rings. The summed E-state index contributed by atoms with van der Waals surface area (Å²) in [6.07, 6.45) is 11.1. The Hall–Kier alpha value is -7.16. The van der Waals surface area contributed by atoms with E-state index in [1.54, 1.807) is 4.90 Å². The lowest BCUT2D eigenvalue weighted by Gasteiger charge is -2.30. The molecule has 4 N–H and O–H groups in total. The molecule has 9 rings (SSSR count). The number of ether oxygens (including phenoxy) is 2. The number of hydrogen-bond acceptors (Lipinski definition) is 8. The summed E-state index contributed by atoms with van der Waals surface area (Å²) in [5.74, 6) is 1.38. The smallest absolute Gasteiger partial charge is 0.407 e. The summed E-state index contributed by atoms with van der Waals surface area (Å²) in [5, 5.41) is 5.19. The van der Waals surface area contributed by atoms with Crippen LogP contribution in [-0.2, 0) is 19.1 Å². The standard InChI is InChI=1S/C56H67N9O6/c1-34(2)49(62-56(69)70-6)53(66)63-30-10-14-47(63)51-58-32-43(60-51)38-16-20-40(21-17-38)45-28-29-46(65(45)42-26-24-37(25-27-42)36-12-8-7-9-13-36)41-22-18-39(19-23-41)44-33-59-52(61-44)48-15-11-31-64(48)54(67)50(35(3)4)71-55(68)57-5/h16-29,32-36,47-50H,7-15,30-31H2,1-6H3,(H,57,68)(H,58,60)(H,59,61)(H,62,69)/t47-,48-,49-,50-/m0/s1. The monoisotopic (exact) mass is 962 g/mol. The van der Waals surface area contributed by atoms with Gasteiger partial charge in [-0.2, -0.15) is 0 Å². The van der Waals surface area contributed by atoms with Gasteiger partial charge in [-0.25, -0.2) is 19.6 Å². The van der Waals surface area contributed by atoms with Crippen molar-refractivity contribution < 1.29 is 28.7 Å². The first-order valence-corrected chi connectivity index (χ1v) is 25.4. The van der Waals surface area contributed by atoms with Crippen molar-refractivity contribution in [2.45, 2.75) is 116 Å². The Labute approximate surface area is 416 Å². The molecular formula is C56H67N9O6. The Balaban J connectivity index is 0.967. The average Bonchev–Trinajstić information content (AvgIpc) is 4.27. The van der Waals surface area contributed by atoms with Crippen LogP contribution in [0.25, 0.3) is 50.7 Å². The van der Waals surface area contributed by atoms with E-state index in [1.807, 2.05) is 45.0 Å². The molecule has 6 aromatic rings. The zero-order valence-corrected chi connectivity index (χ0v) is 41.7. The lowest BCUT2D eigenvalue weighted by atomic mass is 9.84. The Kier molecular flexibility index (Phi) is 14.8. The lowest BCUT2D eigenvalue weighted by Crippen LogP contribution is -2.51. The number of likely N-dealkylation sites (tertiary alicyclic amines) is 2. The van der Waals surface area contributed by atoms with Gasteiger partial charge >= 0.3 is 12.2 Å². The van der Waals surface area contributed by atoms with Gasteiger partial charge in [0.2, 0.25) is 5.91 Å². The number of aromatic nitrogens is 5. The van der Waals surface area contributed by atoms with Crippen LogP contribution in [0.1, 0.15) is 121 Å². The molecule has 2 saturated heterocycles. The highest BCUT2D eigenvalue weighted by Crippen LogP contribution is 2.39. The molecule has 15 nitrogen and oxygen atoms in total. The van der Waals surface area contributed by atoms with Gasteiger partial charge in [-0.1, -0.05) is 108 Å². The third-order valence-corrected chi connectivity index (χ3v) is 14.7. The second kappa shape index (κ2) is 21.5. The minimum Gasteiger partial charge on any atom is -0.453 e. The fourth-order valence-corrected chi connectivity index (χ4v) is 10.8.